The lowest BCUT2D eigenvalue weighted by Crippen LogP contribution is -2.20. The van der Waals surface area contributed by atoms with Crippen LogP contribution in [0.15, 0.2) is 18.2 Å². The van der Waals surface area contributed by atoms with Crippen molar-refractivity contribution < 1.29 is 9.53 Å². The minimum Gasteiger partial charge on any atom is -0.497 e. The highest BCUT2D eigenvalue weighted by Gasteiger charge is 2.08. The predicted molar refractivity (Wildman–Crippen MR) is 79.0 cm³/mol. The van der Waals surface area contributed by atoms with E-state index in [0.717, 1.165) is 17.8 Å². The summed E-state index contributed by atoms with van der Waals surface area (Å²) < 4.78 is 5.26. The Labute approximate surface area is 122 Å². The number of H-pyrrole nitrogens is 1. The average Bonchev–Trinajstić information content (AvgIpc) is 2.90. The summed E-state index contributed by atoms with van der Waals surface area (Å²) in [5, 5.41) is 9.33. The molecule has 0 saturated carbocycles. The van der Waals surface area contributed by atoms with Gasteiger partial charge in [0.05, 0.1) is 19.2 Å². The second-order valence-corrected chi connectivity index (χ2v) is 4.66. The van der Waals surface area contributed by atoms with Gasteiger partial charge in [-0.3, -0.25) is 14.9 Å². The lowest BCUT2D eigenvalue weighted by molar-refractivity contribution is -0.120. The first kappa shape index (κ1) is 14.8. The number of anilines is 1. The van der Waals surface area contributed by atoms with Gasteiger partial charge in [0.2, 0.25) is 5.91 Å². The van der Waals surface area contributed by atoms with Gasteiger partial charge in [0.1, 0.15) is 11.6 Å². The van der Waals surface area contributed by atoms with Crippen LogP contribution in [0.4, 0.5) is 5.82 Å². The summed E-state index contributed by atoms with van der Waals surface area (Å²) in [6, 6.07) is 5.44. The maximum Gasteiger partial charge on any atom is 0.225 e. The highest BCUT2D eigenvalue weighted by atomic mass is 16.5. The number of nitrogens with two attached hydrogens (primary N) is 1. The molecule has 1 amide bonds. The summed E-state index contributed by atoms with van der Waals surface area (Å²) in [6.45, 7) is 0. The molecule has 112 valence electrons. The predicted octanol–water partition coefficient (Wildman–Crippen LogP) is 0.469. The fourth-order valence-electron chi connectivity index (χ4n) is 1.98. The van der Waals surface area contributed by atoms with Crippen LogP contribution in [0.2, 0.25) is 0 Å². The number of aromatic nitrogens is 3. The van der Waals surface area contributed by atoms with E-state index in [4.69, 9.17) is 10.5 Å². The summed E-state index contributed by atoms with van der Waals surface area (Å²) in [7, 11) is 3.20. The summed E-state index contributed by atoms with van der Waals surface area (Å²) in [5.41, 5.74) is 8.06. The van der Waals surface area contributed by atoms with Crippen molar-refractivity contribution in [1.82, 2.24) is 20.5 Å². The van der Waals surface area contributed by atoms with Crippen LogP contribution in [0.25, 0.3) is 0 Å². The highest BCUT2D eigenvalue weighted by Crippen LogP contribution is 2.16. The summed E-state index contributed by atoms with van der Waals surface area (Å²) >= 11 is 0. The normalized spacial score (nSPS) is 10.4. The van der Waals surface area contributed by atoms with Crippen LogP contribution in [0, 0.1) is 0 Å². The number of nitrogens with zero attached hydrogens (tertiary/aromatic N) is 2. The molecule has 2 aromatic rings. The fourth-order valence-corrected chi connectivity index (χ4v) is 1.98. The number of pyridine rings is 1. The largest absolute Gasteiger partial charge is 0.497 e. The number of hydrogen-bond acceptors (Lipinski definition) is 5. The number of methoxy groups -OCH3 is 1. The molecule has 0 aliphatic heterocycles. The van der Waals surface area contributed by atoms with Crippen molar-refractivity contribution in [2.24, 2.45) is 0 Å². The van der Waals surface area contributed by atoms with Gasteiger partial charge >= 0.3 is 0 Å². The highest BCUT2D eigenvalue weighted by molar-refractivity contribution is 5.77. The topological polar surface area (TPSA) is 106 Å². The van der Waals surface area contributed by atoms with E-state index in [-0.39, 0.29) is 12.3 Å². The van der Waals surface area contributed by atoms with E-state index in [0.29, 0.717) is 23.7 Å². The van der Waals surface area contributed by atoms with Crippen molar-refractivity contribution in [2.45, 2.75) is 19.3 Å². The summed E-state index contributed by atoms with van der Waals surface area (Å²) in [4.78, 5) is 15.9. The van der Waals surface area contributed by atoms with Gasteiger partial charge in [0.15, 0.2) is 0 Å². The van der Waals surface area contributed by atoms with Crippen molar-refractivity contribution in [1.29, 1.82) is 0 Å². The maximum absolute atomic E-state index is 11.5. The molecule has 4 N–H and O–H groups in total. The monoisotopic (exact) mass is 289 g/mol. The summed E-state index contributed by atoms with van der Waals surface area (Å²) in [6.07, 6.45) is 1.68. The van der Waals surface area contributed by atoms with Crippen LogP contribution < -0.4 is 15.8 Å². The smallest absolute Gasteiger partial charge is 0.225 e. The van der Waals surface area contributed by atoms with Gasteiger partial charge in [0, 0.05) is 36.6 Å². The first-order valence-electron chi connectivity index (χ1n) is 6.65. The van der Waals surface area contributed by atoms with E-state index in [1.165, 1.54) is 0 Å². The lowest BCUT2D eigenvalue weighted by atomic mass is 10.1. The minimum atomic E-state index is -0.0805. The molecule has 0 aliphatic carbocycles. The fraction of sp³-hybridized carbons (Fsp3) is 0.357. The second kappa shape index (κ2) is 6.74. The van der Waals surface area contributed by atoms with E-state index in [1.54, 1.807) is 26.3 Å². The molecule has 0 saturated heterocycles. The van der Waals surface area contributed by atoms with Crippen molar-refractivity contribution >= 4 is 11.7 Å². The third-order valence-electron chi connectivity index (χ3n) is 3.06. The third-order valence-corrected chi connectivity index (χ3v) is 3.06. The number of carbonyl (C=O) groups excluding carboxylic acids is 1. The first-order valence-corrected chi connectivity index (χ1v) is 6.65. The second-order valence-electron chi connectivity index (χ2n) is 4.66. The van der Waals surface area contributed by atoms with Gasteiger partial charge in [0.25, 0.3) is 0 Å². The summed E-state index contributed by atoms with van der Waals surface area (Å²) in [5.74, 6) is 1.09. The molecule has 0 atom stereocenters. The number of aryl methyl sites for hydroxylation is 2. The number of ether oxygens (including phenoxy) is 1. The number of carbonyl (C=O) groups is 1. The number of rotatable bonds is 6. The molecule has 21 heavy (non-hydrogen) atoms. The number of amides is 1. The van der Waals surface area contributed by atoms with Gasteiger partial charge in [-0.25, -0.2) is 0 Å². The molecule has 7 heteroatoms. The Hall–Kier alpha value is -2.57. The van der Waals surface area contributed by atoms with E-state index >= 15 is 0 Å². The third kappa shape index (κ3) is 4.20. The molecular weight excluding hydrogens is 270 g/mol. The number of aromatic amines is 1. The van der Waals surface area contributed by atoms with Gasteiger partial charge in [-0.2, -0.15) is 5.10 Å². The Morgan fingerprint density at radius 3 is 2.71 bits per heavy atom. The quantitative estimate of drug-likeness (QED) is 0.716. The van der Waals surface area contributed by atoms with Crippen LogP contribution in [0.3, 0.4) is 0 Å². The molecule has 0 unspecified atom stereocenters. The molecule has 7 nitrogen and oxygen atoms in total. The van der Waals surface area contributed by atoms with Gasteiger partial charge in [-0.1, -0.05) is 0 Å². The van der Waals surface area contributed by atoms with Gasteiger partial charge < -0.3 is 15.8 Å². The standard InChI is InChI=1S/C14H19N5O2/c1-16-14(20)8-11-6-12(21-2)5-9(17-11)3-4-10-7-13(15)19-18-10/h5-7H,3-4,8H2,1-2H3,(H,16,20)(H3,15,18,19). The van der Waals surface area contributed by atoms with Crippen molar-refractivity contribution in [3.63, 3.8) is 0 Å². The van der Waals surface area contributed by atoms with Crippen molar-refractivity contribution in [2.75, 3.05) is 19.9 Å². The van der Waals surface area contributed by atoms with E-state index in [2.05, 4.69) is 20.5 Å². The molecule has 0 aromatic carbocycles. The number of likely N-dealkylation sites (N-methyl/N-ethyl adjacent to an activating group) is 1. The average molecular weight is 289 g/mol. The van der Waals surface area contributed by atoms with Crippen molar-refractivity contribution in [3.8, 4) is 5.75 Å². The van der Waals surface area contributed by atoms with Gasteiger partial charge in [-0.15, -0.1) is 0 Å². The molecule has 0 fully saturated rings. The zero-order chi connectivity index (χ0) is 15.2. The van der Waals surface area contributed by atoms with Crippen LogP contribution in [-0.4, -0.2) is 35.2 Å². The molecule has 2 rings (SSSR count). The molecule has 2 heterocycles. The molecule has 0 bridgehead atoms. The van der Waals surface area contributed by atoms with Crippen molar-refractivity contribution in [3.05, 3.63) is 35.3 Å². The van der Waals surface area contributed by atoms with Crippen LogP contribution in [0.1, 0.15) is 17.1 Å². The minimum absolute atomic E-state index is 0.0805. The van der Waals surface area contributed by atoms with Crippen LogP contribution in [-0.2, 0) is 24.1 Å². The lowest BCUT2D eigenvalue weighted by Gasteiger charge is -2.07. The Balaban J connectivity index is 2.10. The molecular formula is C14H19N5O2. The Morgan fingerprint density at radius 1 is 1.33 bits per heavy atom. The van der Waals surface area contributed by atoms with Gasteiger partial charge in [-0.05, 0) is 12.8 Å². The Morgan fingerprint density at radius 2 is 2.10 bits per heavy atom. The maximum atomic E-state index is 11.5. The zero-order valence-electron chi connectivity index (χ0n) is 12.1. The van der Waals surface area contributed by atoms with Crippen LogP contribution in [0.5, 0.6) is 5.75 Å². The van der Waals surface area contributed by atoms with E-state index < -0.39 is 0 Å². The first-order chi connectivity index (χ1) is 10.1. The molecule has 2 aromatic heterocycles. The van der Waals surface area contributed by atoms with E-state index in [9.17, 15) is 4.79 Å². The molecule has 0 aliphatic rings. The zero-order valence-corrected chi connectivity index (χ0v) is 12.1. The number of nitrogens with one attached hydrogen (secondary N) is 2. The van der Waals surface area contributed by atoms with E-state index in [1.807, 2.05) is 6.07 Å². The van der Waals surface area contributed by atoms with Crippen LogP contribution >= 0.6 is 0 Å². The molecule has 0 spiro atoms. The molecule has 0 radical (unpaired) electrons. The number of nitrogen functional groups attached to an aromatic ring is 1. The Kier molecular flexibility index (Phi) is 4.76. The SMILES string of the molecule is CNC(=O)Cc1cc(OC)cc(CCc2cc(N)n[nH]2)n1. The Bertz CT molecular complexity index is 624. The number of hydrogen-bond donors (Lipinski definition) is 3.